The minimum atomic E-state index is -4.97. The molecule has 3 N–H and O–H groups in total. The van der Waals surface area contributed by atoms with E-state index in [0.717, 1.165) is 108 Å². The molecule has 6 atom stereocenters. The van der Waals surface area contributed by atoms with Gasteiger partial charge in [-0.1, -0.05) is 433 Å². The molecule has 0 fully saturated rings. The molecule has 0 aliphatic rings. The lowest BCUT2D eigenvalue weighted by atomic mass is 10.00. The van der Waals surface area contributed by atoms with E-state index >= 15 is 0 Å². The fourth-order valence-electron chi connectivity index (χ4n) is 14.1. The number of carbonyl (C=O) groups is 4. The number of esters is 4. The molecular weight excluding hydrogens is 1410 g/mol. The number of hydrogen-bond donors (Lipinski definition) is 3. The number of phosphoric ester groups is 2. The van der Waals surface area contributed by atoms with E-state index in [2.05, 4.69) is 41.5 Å². The highest BCUT2D eigenvalue weighted by molar-refractivity contribution is 7.47. The molecule has 0 bridgehead atoms. The number of ether oxygens (including phenoxy) is 4. The van der Waals surface area contributed by atoms with E-state index in [1.165, 1.54) is 295 Å². The third kappa shape index (κ3) is 82.4. The third-order valence-electron chi connectivity index (χ3n) is 21.6. The van der Waals surface area contributed by atoms with Crippen LogP contribution in [0.4, 0.5) is 0 Å². The largest absolute Gasteiger partial charge is 0.472 e. The highest BCUT2D eigenvalue weighted by atomic mass is 31.2. The van der Waals surface area contributed by atoms with E-state index in [9.17, 15) is 43.2 Å². The van der Waals surface area contributed by atoms with Crippen molar-refractivity contribution in [2.24, 2.45) is 11.8 Å². The molecule has 0 rings (SSSR count). The molecule has 19 heteroatoms. The van der Waals surface area contributed by atoms with Gasteiger partial charge in [-0.15, -0.1) is 0 Å². The van der Waals surface area contributed by atoms with E-state index in [4.69, 9.17) is 37.0 Å². The molecule has 0 radical (unpaired) electrons. The number of rotatable bonds is 89. The van der Waals surface area contributed by atoms with E-state index in [1.807, 2.05) is 0 Å². The van der Waals surface area contributed by atoms with Gasteiger partial charge in [0, 0.05) is 25.7 Å². The zero-order chi connectivity index (χ0) is 79.9. The summed E-state index contributed by atoms with van der Waals surface area (Å²) in [6.07, 6.45) is 75.2. The van der Waals surface area contributed by atoms with Crippen molar-refractivity contribution in [3.63, 3.8) is 0 Å². The van der Waals surface area contributed by atoms with Crippen molar-refractivity contribution in [1.29, 1.82) is 0 Å². The highest BCUT2D eigenvalue weighted by Gasteiger charge is 2.31. The maximum Gasteiger partial charge on any atom is 0.472 e. The third-order valence-corrected chi connectivity index (χ3v) is 23.5. The minimum absolute atomic E-state index is 0.107. The SMILES string of the molecule is CCCCCCCCCCCCCCCCCCCCCCCC(=O)OC[C@H](COP(=O)(O)OC[C@@H](O)COP(=O)(O)OC[C@@H](COC(=O)CCCCCCCCC(C)CC)OC(=O)CCCCCCCCCCCCCCCCC(C)C)OC(=O)CCCCCCCCCCCCCCCCCCCCCCC. The first kappa shape index (κ1) is 107. The molecule has 0 saturated heterocycles. The van der Waals surface area contributed by atoms with Crippen molar-refractivity contribution < 1.29 is 80.2 Å². The van der Waals surface area contributed by atoms with Crippen LogP contribution in [0.2, 0.25) is 0 Å². The highest BCUT2D eigenvalue weighted by Crippen LogP contribution is 2.45. The Labute approximate surface area is 670 Å². The predicted molar refractivity (Wildman–Crippen MR) is 451 cm³/mol. The van der Waals surface area contributed by atoms with Gasteiger partial charge in [-0.25, -0.2) is 9.13 Å². The molecule has 648 valence electrons. The number of hydrogen-bond acceptors (Lipinski definition) is 15. The van der Waals surface area contributed by atoms with Gasteiger partial charge in [-0.2, -0.15) is 0 Å². The van der Waals surface area contributed by atoms with Crippen LogP contribution >= 0.6 is 15.6 Å². The average Bonchev–Trinajstić information content (AvgIpc) is 0.911. The molecule has 3 unspecified atom stereocenters. The van der Waals surface area contributed by atoms with Gasteiger partial charge in [0.2, 0.25) is 0 Å². The van der Waals surface area contributed by atoms with Gasteiger partial charge in [-0.3, -0.25) is 37.3 Å². The lowest BCUT2D eigenvalue weighted by molar-refractivity contribution is -0.161. The summed E-state index contributed by atoms with van der Waals surface area (Å²) in [7, 11) is -9.93. The summed E-state index contributed by atoms with van der Waals surface area (Å²) in [4.78, 5) is 73.3. The second-order valence-corrected chi connectivity index (χ2v) is 36.0. The first-order valence-corrected chi connectivity index (χ1v) is 49.5. The Morgan fingerprint density at radius 1 is 0.266 bits per heavy atom. The maximum absolute atomic E-state index is 13.2. The topological polar surface area (TPSA) is 237 Å². The summed E-state index contributed by atoms with van der Waals surface area (Å²) in [5, 5.41) is 10.7. The summed E-state index contributed by atoms with van der Waals surface area (Å²) >= 11 is 0. The van der Waals surface area contributed by atoms with Crippen LogP contribution in [-0.2, 0) is 65.4 Å². The molecule has 109 heavy (non-hydrogen) atoms. The van der Waals surface area contributed by atoms with Crippen LogP contribution in [0.3, 0.4) is 0 Å². The van der Waals surface area contributed by atoms with E-state index in [0.29, 0.717) is 25.7 Å². The Hall–Kier alpha value is -1.94. The van der Waals surface area contributed by atoms with Gasteiger partial charge in [0.25, 0.3) is 0 Å². The fourth-order valence-corrected chi connectivity index (χ4v) is 15.7. The monoisotopic (exact) mass is 1590 g/mol. The summed E-state index contributed by atoms with van der Waals surface area (Å²) in [5.41, 5.74) is 0. The molecule has 0 aromatic rings. The van der Waals surface area contributed by atoms with Gasteiger partial charge in [-0.05, 0) is 37.5 Å². The van der Waals surface area contributed by atoms with Crippen LogP contribution in [0.25, 0.3) is 0 Å². The Morgan fingerprint density at radius 2 is 0.468 bits per heavy atom. The van der Waals surface area contributed by atoms with Crippen molar-refractivity contribution in [2.45, 2.75) is 503 Å². The molecule has 0 saturated carbocycles. The normalized spacial score (nSPS) is 14.0. The van der Waals surface area contributed by atoms with Crippen LogP contribution in [0.1, 0.15) is 485 Å². The van der Waals surface area contributed by atoms with Crippen molar-refractivity contribution in [2.75, 3.05) is 39.6 Å². The van der Waals surface area contributed by atoms with Gasteiger partial charge >= 0.3 is 39.5 Å². The van der Waals surface area contributed by atoms with Crippen LogP contribution < -0.4 is 0 Å². The first-order valence-electron chi connectivity index (χ1n) is 46.5. The first-order chi connectivity index (χ1) is 52.9. The van der Waals surface area contributed by atoms with Crippen LogP contribution in [-0.4, -0.2) is 96.7 Å². The molecule has 0 amide bonds. The summed E-state index contributed by atoms with van der Waals surface area (Å²) < 4.78 is 69.0. The van der Waals surface area contributed by atoms with Crippen LogP contribution in [0.5, 0.6) is 0 Å². The molecule has 0 heterocycles. The van der Waals surface area contributed by atoms with Gasteiger partial charge < -0.3 is 33.8 Å². The average molecular weight is 1590 g/mol. The van der Waals surface area contributed by atoms with E-state index in [1.54, 1.807) is 0 Å². The Balaban J connectivity index is 5.22. The van der Waals surface area contributed by atoms with E-state index < -0.39 is 97.5 Å². The van der Waals surface area contributed by atoms with Gasteiger partial charge in [0.15, 0.2) is 12.2 Å². The Kier molecular flexibility index (Phi) is 79.8. The standard InChI is InChI=1S/C90H176O17P2/c1-7-10-12-14-16-18-20-22-24-26-28-30-32-34-36-41-45-49-53-60-66-72-87(92)100-78-85(106-89(94)74-68-62-54-50-46-42-37-35-33-31-29-27-25-23-21-19-17-15-13-11-8-2)80-104-108(96,97)102-76-84(91)77-103-109(98,99)105-81-86(79-101-88(93)73-67-61-57-56-59-65-71-83(6)9-3)107-90(95)75-69-63-55-51-47-43-39-38-40-44-48-52-58-64-70-82(4)5/h82-86,91H,7-81H2,1-6H3,(H,96,97)(H,98,99)/t83?,84-,85-,86-/m1/s1. The molecule has 17 nitrogen and oxygen atoms in total. The molecule has 0 aromatic carbocycles. The predicted octanol–water partition coefficient (Wildman–Crippen LogP) is 27.8. The number of phosphoric acid groups is 2. The van der Waals surface area contributed by atoms with E-state index in [-0.39, 0.29) is 25.7 Å². The minimum Gasteiger partial charge on any atom is -0.462 e. The van der Waals surface area contributed by atoms with Crippen LogP contribution in [0, 0.1) is 11.8 Å². The van der Waals surface area contributed by atoms with Crippen molar-refractivity contribution >= 4 is 39.5 Å². The van der Waals surface area contributed by atoms with Gasteiger partial charge in [0.1, 0.15) is 19.3 Å². The lowest BCUT2D eigenvalue weighted by Gasteiger charge is -2.21. The summed E-state index contributed by atoms with van der Waals surface area (Å²) in [6, 6.07) is 0. The molecular formula is C90H176O17P2. The quantitative estimate of drug-likeness (QED) is 0.0222. The summed E-state index contributed by atoms with van der Waals surface area (Å²) in [6.45, 7) is 9.67. The fraction of sp³-hybridized carbons (Fsp3) is 0.956. The molecule has 0 aliphatic carbocycles. The second kappa shape index (κ2) is 81.2. The number of aliphatic hydroxyl groups is 1. The summed E-state index contributed by atoms with van der Waals surface area (Å²) in [5.74, 6) is -0.574. The molecule has 0 spiro atoms. The van der Waals surface area contributed by atoms with Gasteiger partial charge in [0.05, 0.1) is 26.4 Å². The number of aliphatic hydroxyl groups excluding tert-OH is 1. The Bertz CT molecular complexity index is 2080. The zero-order valence-corrected chi connectivity index (χ0v) is 73.7. The molecule has 0 aromatic heterocycles. The lowest BCUT2D eigenvalue weighted by Crippen LogP contribution is -2.30. The Morgan fingerprint density at radius 3 is 0.697 bits per heavy atom. The second-order valence-electron chi connectivity index (χ2n) is 33.1. The van der Waals surface area contributed by atoms with Crippen molar-refractivity contribution in [1.82, 2.24) is 0 Å². The number of unbranched alkanes of at least 4 members (excludes halogenated alkanes) is 58. The van der Waals surface area contributed by atoms with Crippen molar-refractivity contribution in [3.05, 3.63) is 0 Å². The zero-order valence-electron chi connectivity index (χ0n) is 71.9. The van der Waals surface area contributed by atoms with Crippen molar-refractivity contribution in [3.8, 4) is 0 Å². The maximum atomic E-state index is 13.2. The number of carbonyl (C=O) groups excluding carboxylic acids is 4. The molecule has 0 aliphatic heterocycles. The smallest absolute Gasteiger partial charge is 0.462 e. The van der Waals surface area contributed by atoms with Crippen LogP contribution in [0.15, 0.2) is 0 Å².